The SMILES string of the molecule is O[C@@H](COCc1ccccc1)COc1ccc(OCc2ccccc2)cc1. The fourth-order valence-corrected chi connectivity index (χ4v) is 2.50. The van der Waals surface area contributed by atoms with Crippen molar-refractivity contribution < 1.29 is 19.3 Å². The summed E-state index contributed by atoms with van der Waals surface area (Å²) in [6.07, 6.45) is -0.678. The average Bonchev–Trinajstić information content (AvgIpc) is 2.73. The Morgan fingerprint density at radius 1 is 0.593 bits per heavy atom. The Labute approximate surface area is 160 Å². The molecule has 1 N–H and O–H groups in total. The van der Waals surface area contributed by atoms with E-state index in [0.717, 1.165) is 16.9 Å². The molecular weight excluding hydrogens is 340 g/mol. The van der Waals surface area contributed by atoms with Gasteiger partial charge in [-0.3, -0.25) is 0 Å². The van der Waals surface area contributed by atoms with Gasteiger partial charge in [-0.25, -0.2) is 0 Å². The highest BCUT2D eigenvalue weighted by Gasteiger charge is 2.06. The Hall–Kier alpha value is -2.82. The van der Waals surface area contributed by atoms with Gasteiger partial charge in [-0.15, -0.1) is 0 Å². The second-order valence-electron chi connectivity index (χ2n) is 6.21. The van der Waals surface area contributed by atoms with E-state index in [1.165, 1.54) is 0 Å². The van der Waals surface area contributed by atoms with Gasteiger partial charge < -0.3 is 19.3 Å². The minimum atomic E-state index is -0.678. The molecule has 0 aliphatic rings. The van der Waals surface area contributed by atoms with Crippen molar-refractivity contribution in [1.29, 1.82) is 0 Å². The Morgan fingerprint density at radius 3 is 1.70 bits per heavy atom. The van der Waals surface area contributed by atoms with Crippen molar-refractivity contribution in [2.45, 2.75) is 19.3 Å². The van der Waals surface area contributed by atoms with Crippen molar-refractivity contribution in [1.82, 2.24) is 0 Å². The topological polar surface area (TPSA) is 47.9 Å². The summed E-state index contributed by atoms with van der Waals surface area (Å²) in [5.74, 6) is 1.46. The van der Waals surface area contributed by atoms with Crippen molar-refractivity contribution in [2.75, 3.05) is 13.2 Å². The Bertz CT molecular complexity index is 772. The molecule has 0 saturated carbocycles. The smallest absolute Gasteiger partial charge is 0.120 e. The minimum absolute atomic E-state index is 0.180. The third kappa shape index (κ3) is 6.77. The Morgan fingerprint density at radius 2 is 1.11 bits per heavy atom. The number of benzene rings is 3. The average molecular weight is 364 g/mol. The highest BCUT2D eigenvalue weighted by Crippen LogP contribution is 2.19. The summed E-state index contributed by atoms with van der Waals surface area (Å²) in [5.41, 5.74) is 2.20. The van der Waals surface area contributed by atoms with Gasteiger partial charge in [0.2, 0.25) is 0 Å². The van der Waals surface area contributed by atoms with E-state index >= 15 is 0 Å². The molecule has 3 aromatic rings. The predicted molar refractivity (Wildman–Crippen MR) is 105 cm³/mol. The first-order valence-corrected chi connectivity index (χ1v) is 8.99. The highest BCUT2D eigenvalue weighted by atomic mass is 16.5. The lowest BCUT2D eigenvalue weighted by atomic mass is 10.2. The predicted octanol–water partition coefficient (Wildman–Crippen LogP) is 4.22. The molecule has 0 unspecified atom stereocenters. The maximum atomic E-state index is 9.98. The maximum Gasteiger partial charge on any atom is 0.120 e. The van der Waals surface area contributed by atoms with Crippen molar-refractivity contribution >= 4 is 0 Å². The molecule has 0 saturated heterocycles. The van der Waals surface area contributed by atoms with Gasteiger partial charge in [-0.2, -0.15) is 0 Å². The lowest BCUT2D eigenvalue weighted by Crippen LogP contribution is -2.23. The van der Waals surface area contributed by atoms with Gasteiger partial charge in [0.05, 0.1) is 13.2 Å². The van der Waals surface area contributed by atoms with E-state index in [4.69, 9.17) is 14.2 Å². The van der Waals surface area contributed by atoms with Gasteiger partial charge in [-0.05, 0) is 35.4 Å². The molecule has 0 aliphatic carbocycles. The molecule has 4 nitrogen and oxygen atoms in total. The summed E-state index contributed by atoms with van der Waals surface area (Å²) in [6.45, 7) is 1.41. The molecule has 140 valence electrons. The molecule has 27 heavy (non-hydrogen) atoms. The van der Waals surface area contributed by atoms with Crippen LogP contribution in [0.15, 0.2) is 84.9 Å². The van der Waals surface area contributed by atoms with Crippen LogP contribution < -0.4 is 9.47 Å². The van der Waals surface area contributed by atoms with E-state index in [1.807, 2.05) is 84.9 Å². The van der Waals surface area contributed by atoms with Crippen LogP contribution in [-0.4, -0.2) is 24.4 Å². The van der Waals surface area contributed by atoms with E-state index in [0.29, 0.717) is 19.0 Å². The lowest BCUT2D eigenvalue weighted by Gasteiger charge is -2.13. The monoisotopic (exact) mass is 364 g/mol. The fourth-order valence-electron chi connectivity index (χ4n) is 2.50. The first-order valence-electron chi connectivity index (χ1n) is 8.99. The van der Waals surface area contributed by atoms with Crippen LogP contribution in [0, 0.1) is 0 Å². The van der Waals surface area contributed by atoms with Gasteiger partial charge >= 0.3 is 0 Å². The summed E-state index contributed by atoms with van der Waals surface area (Å²) < 4.78 is 16.9. The van der Waals surface area contributed by atoms with E-state index in [2.05, 4.69) is 0 Å². The van der Waals surface area contributed by atoms with Gasteiger partial charge in [-0.1, -0.05) is 60.7 Å². The van der Waals surface area contributed by atoms with Crippen molar-refractivity contribution in [3.05, 3.63) is 96.1 Å². The summed E-state index contributed by atoms with van der Waals surface area (Å²) in [4.78, 5) is 0. The summed E-state index contributed by atoms with van der Waals surface area (Å²) in [6, 6.07) is 27.3. The van der Waals surface area contributed by atoms with Crippen LogP contribution in [0.5, 0.6) is 11.5 Å². The number of hydrogen-bond donors (Lipinski definition) is 1. The molecule has 3 aromatic carbocycles. The minimum Gasteiger partial charge on any atom is -0.491 e. The van der Waals surface area contributed by atoms with Crippen LogP contribution in [0.3, 0.4) is 0 Å². The van der Waals surface area contributed by atoms with Crippen LogP contribution in [0.25, 0.3) is 0 Å². The summed E-state index contributed by atoms with van der Waals surface area (Å²) >= 11 is 0. The molecular formula is C23H24O4. The molecule has 0 bridgehead atoms. The Balaban J connectivity index is 1.35. The zero-order valence-corrected chi connectivity index (χ0v) is 15.2. The fraction of sp³-hybridized carbons (Fsp3) is 0.217. The lowest BCUT2D eigenvalue weighted by molar-refractivity contribution is 0.00548. The van der Waals surface area contributed by atoms with E-state index < -0.39 is 6.10 Å². The first kappa shape index (κ1) is 19.0. The molecule has 0 amide bonds. The van der Waals surface area contributed by atoms with Gasteiger partial charge in [0.25, 0.3) is 0 Å². The molecule has 4 heteroatoms. The molecule has 0 spiro atoms. The van der Waals surface area contributed by atoms with Crippen molar-refractivity contribution in [2.24, 2.45) is 0 Å². The largest absolute Gasteiger partial charge is 0.491 e. The maximum absolute atomic E-state index is 9.98. The van der Waals surface area contributed by atoms with Crippen LogP contribution in [0.4, 0.5) is 0 Å². The second kappa shape index (κ2) is 10.4. The molecule has 0 radical (unpaired) electrons. The van der Waals surface area contributed by atoms with Crippen LogP contribution in [0.2, 0.25) is 0 Å². The zero-order valence-electron chi connectivity index (χ0n) is 15.2. The summed E-state index contributed by atoms with van der Waals surface area (Å²) in [5, 5.41) is 9.98. The van der Waals surface area contributed by atoms with E-state index in [9.17, 15) is 5.11 Å². The quantitative estimate of drug-likeness (QED) is 0.585. The zero-order chi connectivity index (χ0) is 18.7. The first-order chi connectivity index (χ1) is 13.3. The molecule has 3 rings (SSSR count). The molecule has 0 heterocycles. The highest BCUT2D eigenvalue weighted by molar-refractivity contribution is 5.31. The molecule has 0 aliphatic heterocycles. The van der Waals surface area contributed by atoms with Crippen LogP contribution >= 0.6 is 0 Å². The molecule has 0 aromatic heterocycles. The summed E-state index contributed by atoms with van der Waals surface area (Å²) in [7, 11) is 0. The third-order valence-electron chi connectivity index (χ3n) is 3.94. The van der Waals surface area contributed by atoms with E-state index in [-0.39, 0.29) is 13.2 Å². The van der Waals surface area contributed by atoms with Gasteiger partial charge in [0.15, 0.2) is 0 Å². The van der Waals surface area contributed by atoms with Gasteiger partial charge in [0.1, 0.15) is 30.8 Å². The molecule has 1 atom stereocenters. The number of aliphatic hydroxyl groups is 1. The van der Waals surface area contributed by atoms with Gasteiger partial charge in [0, 0.05) is 0 Å². The number of rotatable bonds is 10. The molecule has 0 fully saturated rings. The number of hydrogen-bond acceptors (Lipinski definition) is 4. The standard InChI is InChI=1S/C23H24O4/c24-21(17-25-15-19-7-3-1-4-8-19)18-27-23-13-11-22(12-14-23)26-16-20-9-5-2-6-10-20/h1-14,21,24H,15-18H2/t21-/m0/s1. The number of ether oxygens (including phenoxy) is 3. The number of aliphatic hydroxyl groups excluding tert-OH is 1. The van der Waals surface area contributed by atoms with E-state index in [1.54, 1.807) is 0 Å². The Kier molecular flexibility index (Phi) is 7.27. The van der Waals surface area contributed by atoms with Crippen LogP contribution in [-0.2, 0) is 18.0 Å². The second-order valence-corrected chi connectivity index (χ2v) is 6.21. The van der Waals surface area contributed by atoms with Crippen molar-refractivity contribution in [3.63, 3.8) is 0 Å². The van der Waals surface area contributed by atoms with Crippen LogP contribution in [0.1, 0.15) is 11.1 Å². The van der Waals surface area contributed by atoms with Crippen molar-refractivity contribution in [3.8, 4) is 11.5 Å². The third-order valence-corrected chi connectivity index (χ3v) is 3.94. The normalized spacial score (nSPS) is 11.7.